The van der Waals surface area contributed by atoms with Crippen LogP contribution in [0.2, 0.25) is 0 Å². The molecule has 18 rings (SSSR count). The number of para-hydroxylation sites is 9. The minimum atomic E-state index is -0.124. The molecule has 0 saturated heterocycles. The fraction of sp³-hybridized carbons (Fsp3) is 0. The van der Waals surface area contributed by atoms with E-state index in [1.54, 1.807) is 0 Å². The van der Waals surface area contributed by atoms with Crippen LogP contribution in [0.15, 0.2) is 327 Å². The van der Waals surface area contributed by atoms with Crippen molar-refractivity contribution in [2.75, 3.05) is 19.6 Å². The van der Waals surface area contributed by atoms with Crippen molar-refractivity contribution < 1.29 is 4.42 Å². The van der Waals surface area contributed by atoms with Gasteiger partial charge in [0.1, 0.15) is 11.2 Å². The second kappa shape index (κ2) is 20.2. The Morgan fingerprint density at radius 2 is 0.701 bits per heavy atom. The summed E-state index contributed by atoms with van der Waals surface area (Å²) in [5, 5.41) is 2.24. The Bertz CT molecular complexity index is 4700. The Morgan fingerprint density at radius 3 is 1.16 bits per heavy atom. The lowest BCUT2D eigenvalue weighted by Crippen LogP contribution is -2.64. The van der Waals surface area contributed by atoms with Crippen LogP contribution in [0.1, 0.15) is 0 Å². The molecule has 4 aliphatic rings. The highest BCUT2D eigenvalue weighted by atomic mass is 32.2. The molecule has 0 spiro atoms. The number of rotatable bonds is 9. The fourth-order valence-corrected chi connectivity index (χ4v) is 17.1. The summed E-state index contributed by atoms with van der Waals surface area (Å²) in [5.74, 6) is 0. The molecule has 1 aromatic heterocycles. The van der Waals surface area contributed by atoms with Crippen LogP contribution in [-0.4, -0.2) is 13.4 Å². The van der Waals surface area contributed by atoms with Gasteiger partial charge in [-0.05, 0) is 149 Å². The highest BCUT2D eigenvalue weighted by Crippen LogP contribution is 2.54. The molecule has 0 atom stereocenters. The van der Waals surface area contributed by atoms with Crippen LogP contribution < -0.4 is 52.4 Å². The molecular weight excluding hydrogens is 1090 g/mol. The third kappa shape index (κ3) is 7.86. The first-order valence-corrected chi connectivity index (χ1v) is 31.3. The molecule has 14 aromatic rings. The van der Waals surface area contributed by atoms with Gasteiger partial charge in [-0.2, -0.15) is 0 Å². The predicted molar refractivity (Wildman–Crippen MR) is 368 cm³/mol. The van der Waals surface area contributed by atoms with E-state index in [-0.39, 0.29) is 13.4 Å². The number of furan rings is 1. The fourth-order valence-electron chi connectivity index (χ4n) is 14.4. The Morgan fingerprint density at radius 1 is 0.310 bits per heavy atom. The van der Waals surface area contributed by atoms with Crippen LogP contribution in [0.5, 0.6) is 0 Å². The summed E-state index contributed by atoms with van der Waals surface area (Å²) in [7, 11) is 0. The van der Waals surface area contributed by atoms with Gasteiger partial charge in [0, 0.05) is 104 Å². The zero-order chi connectivity index (χ0) is 57.1. The largest absolute Gasteiger partial charge is 0.456 e. The standard InChI is InChI=1S/C78H50B2N4OS2/c1-7-26-51(27-8-1)81(52-28-9-2-10-29-52)57-46-67-75-71(48-57)86-77-63(79(75)61-40-20-22-42-65(61)83(67)55-34-15-5-16-35-55)50-64-78(74(77)60-39-25-45-70-73(60)59-38-19-24-44-69(59)85-70)87-72-49-58(82(53-30-11-3-12-31-53)54-32-13-4-14-33-54)47-68-76(72)80(64)62-41-21-23-43-66(62)84(68)56-36-17-6-18-37-56/h1-50H. The van der Waals surface area contributed by atoms with E-state index in [2.05, 4.69) is 323 Å². The van der Waals surface area contributed by atoms with Crippen molar-refractivity contribution in [2.24, 2.45) is 0 Å². The summed E-state index contributed by atoms with van der Waals surface area (Å²) < 4.78 is 6.87. The maximum atomic E-state index is 6.87. The van der Waals surface area contributed by atoms with E-state index >= 15 is 0 Å². The number of hydrogen-bond acceptors (Lipinski definition) is 7. The van der Waals surface area contributed by atoms with E-state index < -0.39 is 0 Å². The first-order valence-electron chi connectivity index (χ1n) is 29.7. The average Bonchev–Trinajstić information content (AvgIpc) is 0.831. The van der Waals surface area contributed by atoms with Crippen molar-refractivity contribution in [3.8, 4) is 11.1 Å². The molecule has 87 heavy (non-hydrogen) atoms. The normalized spacial score (nSPS) is 13.1. The summed E-state index contributed by atoms with van der Waals surface area (Å²) >= 11 is 3.87. The highest BCUT2D eigenvalue weighted by Gasteiger charge is 2.48. The lowest BCUT2D eigenvalue weighted by Gasteiger charge is -2.44. The zero-order valence-corrected chi connectivity index (χ0v) is 48.7. The number of nitrogens with zero attached hydrogens (tertiary/aromatic N) is 4. The maximum Gasteiger partial charge on any atom is 0.249 e. The smallest absolute Gasteiger partial charge is 0.249 e. The molecule has 9 heteroatoms. The topological polar surface area (TPSA) is 26.1 Å². The molecule has 4 aliphatic heterocycles. The minimum Gasteiger partial charge on any atom is -0.456 e. The lowest BCUT2D eigenvalue weighted by molar-refractivity contribution is 0.669. The van der Waals surface area contributed by atoms with Crippen LogP contribution in [-0.2, 0) is 0 Å². The van der Waals surface area contributed by atoms with E-state index in [1.165, 1.54) is 86.2 Å². The highest BCUT2D eigenvalue weighted by molar-refractivity contribution is 8.01. The van der Waals surface area contributed by atoms with Gasteiger partial charge in [-0.3, -0.25) is 0 Å². The molecule has 0 N–H and O–H groups in total. The van der Waals surface area contributed by atoms with Crippen LogP contribution in [0.25, 0.3) is 33.1 Å². The van der Waals surface area contributed by atoms with Crippen molar-refractivity contribution in [1.82, 2.24) is 0 Å². The predicted octanol–water partition coefficient (Wildman–Crippen LogP) is 17.7. The zero-order valence-electron chi connectivity index (χ0n) is 47.0. The van der Waals surface area contributed by atoms with Gasteiger partial charge in [-0.25, -0.2) is 0 Å². The van der Waals surface area contributed by atoms with Gasteiger partial charge in [0.25, 0.3) is 0 Å². The Balaban J connectivity index is 0.964. The summed E-state index contributed by atoms with van der Waals surface area (Å²) in [6.45, 7) is -0.248. The SMILES string of the molecule is c1ccc(N(c2ccccc2)c2cc3c4c(c2)N(c2ccccc2)c2ccccc2B4c2cc4c(c(-c5cccc6oc7ccccc7c56)c2S3)Sc2cc(N(c3ccccc3)c3ccccc3)cc3c2B4c2ccccc2N3c2ccccc2)cc1. The molecule has 5 nitrogen and oxygen atoms in total. The number of anilines is 12. The minimum absolute atomic E-state index is 0.124. The third-order valence-electron chi connectivity index (χ3n) is 17.9. The van der Waals surface area contributed by atoms with Crippen molar-refractivity contribution in [3.05, 3.63) is 303 Å². The Labute approximate surface area is 514 Å². The average molecular weight is 1150 g/mol. The van der Waals surface area contributed by atoms with Gasteiger partial charge >= 0.3 is 0 Å². The van der Waals surface area contributed by atoms with E-state index in [4.69, 9.17) is 4.42 Å². The molecule has 0 unspecified atom stereocenters. The molecule has 406 valence electrons. The van der Waals surface area contributed by atoms with Crippen LogP contribution in [0.3, 0.4) is 0 Å². The summed E-state index contributed by atoms with van der Waals surface area (Å²) in [6.07, 6.45) is 0. The van der Waals surface area contributed by atoms with E-state index in [9.17, 15) is 0 Å². The molecule has 0 saturated carbocycles. The van der Waals surface area contributed by atoms with Gasteiger partial charge in [0.2, 0.25) is 13.4 Å². The monoisotopic (exact) mass is 1140 g/mol. The number of fused-ring (bicyclic) bond motifs is 11. The Kier molecular flexibility index (Phi) is 11.6. The second-order valence-electron chi connectivity index (χ2n) is 22.7. The molecule has 0 amide bonds. The van der Waals surface area contributed by atoms with Crippen molar-refractivity contribution >= 4 is 160 Å². The maximum absolute atomic E-state index is 6.87. The van der Waals surface area contributed by atoms with Gasteiger partial charge in [0.15, 0.2) is 0 Å². The third-order valence-corrected chi connectivity index (χ3v) is 20.3. The van der Waals surface area contributed by atoms with Crippen molar-refractivity contribution in [3.63, 3.8) is 0 Å². The summed E-state index contributed by atoms with van der Waals surface area (Å²) in [6, 6.07) is 111. The van der Waals surface area contributed by atoms with E-state index in [0.29, 0.717) is 0 Å². The van der Waals surface area contributed by atoms with Crippen LogP contribution in [0.4, 0.5) is 68.2 Å². The summed E-state index contributed by atoms with van der Waals surface area (Å²) in [4.78, 5) is 14.9. The molecule has 0 radical (unpaired) electrons. The second-order valence-corrected chi connectivity index (χ2v) is 24.8. The van der Waals surface area contributed by atoms with Crippen molar-refractivity contribution in [2.45, 2.75) is 19.6 Å². The Hall–Kier alpha value is -10.3. The van der Waals surface area contributed by atoms with E-state index in [1.807, 2.05) is 23.5 Å². The van der Waals surface area contributed by atoms with Gasteiger partial charge < -0.3 is 24.0 Å². The van der Waals surface area contributed by atoms with E-state index in [0.717, 1.165) is 67.4 Å². The first kappa shape index (κ1) is 50.1. The molecule has 5 heterocycles. The molecule has 13 aromatic carbocycles. The summed E-state index contributed by atoms with van der Waals surface area (Å²) in [5.41, 5.74) is 25.5. The number of benzene rings is 13. The molecule has 0 bridgehead atoms. The molecule has 0 fully saturated rings. The molecule has 0 aliphatic carbocycles. The van der Waals surface area contributed by atoms with Crippen molar-refractivity contribution in [1.29, 1.82) is 0 Å². The van der Waals surface area contributed by atoms with Gasteiger partial charge in [-0.1, -0.05) is 216 Å². The van der Waals surface area contributed by atoms with Crippen LogP contribution >= 0.6 is 23.5 Å². The number of hydrogen-bond donors (Lipinski definition) is 0. The van der Waals surface area contributed by atoms with Crippen LogP contribution in [0, 0.1) is 0 Å². The molecular formula is C78H50B2N4OS2. The quantitative estimate of drug-likeness (QED) is 0.133. The first-order chi connectivity index (χ1) is 43.2. The van der Waals surface area contributed by atoms with Gasteiger partial charge in [0.05, 0.1) is 0 Å². The van der Waals surface area contributed by atoms with Gasteiger partial charge in [-0.15, -0.1) is 0 Å². The lowest BCUT2D eigenvalue weighted by atomic mass is 9.31.